The van der Waals surface area contributed by atoms with Crippen molar-refractivity contribution in [3.05, 3.63) is 65.2 Å². The van der Waals surface area contributed by atoms with E-state index in [1.165, 1.54) is 0 Å². The molecule has 2 aromatic rings. The molecule has 1 saturated heterocycles. The number of hydrogen-bond acceptors (Lipinski definition) is 3. The van der Waals surface area contributed by atoms with E-state index >= 15 is 0 Å². The summed E-state index contributed by atoms with van der Waals surface area (Å²) in [6, 6.07) is 15.1. The second kappa shape index (κ2) is 6.63. The number of hydrogen-bond donors (Lipinski definition) is 2. The van der Waals surface area contributed by atoms with Gasteiger partial charge in [-0.1, -0.05) is 36.4 Å². The molecule has 6 heteroatoms. The van der Waals surface area contributed by atoms with Gasteiger partial charge in [0.2, 0.25) is 11.8 Å². The predicted molar refractivity (Wildman–Crippen MR) is 96.2 cm³/mol. The van der Waals surface area contributed by atoms with Crippen LogP contribution in [0, 0.1) is 5.92 Å². The molecule has 0 radical (unpaired) electrons. The molecule has 2 heterocycles. The third-order valence-electron chi connectivity index (χ3n) is 4.86. The minimum absolute atomic E-state index is 0.0117. The second-order valence-electron chi connectivity index (χ2n) is 6.70. The Morgan fingerprint density at radius 1 is 1.15 bits per heavy atom. The van der Waals surface area contributed by atoms with Crippen molar-refractivity contribution >= 4 is 23.4 Å². The van der Waals surface area contributed by atoms with E-state index in [1.807, 2.05) is 36.4 Å². The van der Waals surface area contributed by atoms with Gasteiger partial charge in [0.25, 0.3) is 5.91 Å². The largest absolute Gasteiger partial charge is 0.348 e. The van der Waals surface area contributed by atoms with Crippen LogP contribution in [0.5, 0.6) is 0 Å². The normalized spacial score (nSPS) is 18.6. The van der Waals surface area contributed by atoms with Gasteiger partial charge < -0.3 is 15.5 Å². The van der Waals surface area contributed by atoms with Crippen molar-refractivity contribution in [1.29, 1.82) is 0 Å². The molecule has 2 aliphatic rings. The van der Waals surface area contributed by atoms with E-state index < -0.39 is 0 Å². The number of carbonyl (C=O) groups is 3. The van der Waals surface area contributed by atoms with E-state index in [0.717, 1.165) is 11.1 Å². The zero-order valence-electron chi connectivity index (χ0n) is 14.2. The lowest BCUT2D eigenvalue weighted by molar-refractivity contribution is -0.128. The molecule has 132 valence electrons. The lowest BCUT2D eigenvalue weighted by Crippen LogP contribution is -2.28. The lowest BCUT2D eigenvalue weighted by atomic mass is 10.1. The second-order valence-corrected chi connectivity index (χ2v) is 6.70. The fourth-order valence-corrected chi connectivity index (χ4v) is 3.44. The molecular weight excluding hydrogens is 330 g/mol. The average molecular weight is 349 g/mol. The van der Waals surface area contributed by atoms with Crippen molar-refractivity contribution < 1.29 is 14.4 Å². The third kappa shape index (κ3) is 3.18. The van der Waals surface area contributed by atoms with Crippen molar-refractivity contribution in [3.8, 4) is 0 Å². The molecule has 26 heavy (non-hydrogen) atoms. The number of amides is 3. The Bertz CT molecular complexity index is 879. The minimum Gasteiger partial charge on any atom is -0.348 e. The van der Waals surface area contributed by atoms with Crippen molar-refractivity contribution in [3.63, 3.8) is 0 Å². The van der Waals surface area contributed by atoms with Crippen LogP contribution in [0.4, 0.5) is 5.69 Å². The number of fused-ring (bicyclic) bond motifs is 1. The fraction of sp³-hybridized carbons (Fsp3) is 0.250. The van der Waals surface area contributed by atoms with Gasteiger partial charge in [-0.25, -0.2) is 0 Å². The number of anilines is 1. The quantitative estimate of drug-likeness (QED) is 0.885. The molecule has 0 unspecified atom stereocenters. The van der Waals surface area contributed by atoms with Gasteiger partial charge in [0.05, 0.1) is 5.92 Å². The van der Waals surface area contributed by atoms with E-state index in [-0.39, 0.29) is 30.1 Å². The molecular formula is C20H19N3O3. The maximum absolute atomic E-state index is 12.5. The first-order valence-electron chi connectivity index (χ1n) is 8.64. The van der Waals surface area contributed by atoms with Crippen LogP contribution in [0.1, 0.15) is 27.9 Å². The van der Waals surface area contributed by atoms with Crippen LogP contribution in [0.2, 0.25) is 0 Å². The van der Waals surface area contributed by atoms with Gasteiger partial charge in [0.1, 0.15) is 0 Å². The summed E-state index contributed by atoms with van der Waals surface area (Å²) in [7, 11) is 0. The molecule has 3 amide bonds. The zero-order valence-corrected chi connectivity index (χ0v) is 14.2. The highest BCUT2D eigenvalue weighted by atomic mass is 16.2. The summed E-state index contributed by atoms with van der Waals surface area (Å²) in [6.45, 7) is 1.45. The molecule has 0 saturated carbocycles. The molecule has 0 spiro atoms. The summed E-state index contributed by atoms with van der Waals surface area (Å²) < 4.78 is 0. The highest BCUT2D eigenvalue weighted by Crippen LogP contribution is 2.24. The summed E-state index contributed by atoms with van der Waals surface area (Å²) in [5.41, 5.74) is 3.15. The standard InChI is InChI=1S/C20H19N3O3/c24-18-8-15(12-23(18)11-13-4-2-1-3-5-13)19(25)22-16-7-6-14-10-21-20(26)17(14)9-16/h1-7,9,15H,8,10-12H2,(H,21,26)(H,22,25)/t15-/m1/s1. The van der Waals surface area contributed by atoms with Crippen molar-refractivity contribution in [1.82, 2.24) is 10.2 Å². The Labute approximate surface area is 151 Å². The van der Waals surface area contributed by atoms with Crippen molar-refractivity contribution in [2.24, 2.45) is 5.92 Å². The molecule has 0 aromatic heterocycles. The average Bonchev–Trinajstić information content (AvgIpc) is 3.19. The number of likely N-dealkylation sites (tertiary alicyclic amines) is 1. The van der Waals surface area contributed by atoms with Crippen LogP contribution < -0.4 is 10.6 Å². The molecule has 0 bridgehead atoms. The Morgan fingerprint density at radius 3 is 2.77 bits per heavy atom. The van der Waals surface area contributed by atoms with Crippen molar-refractivity contribution in [2.75, 3.05) is 11.9 Å². The van der Waals surface area contributed by atoms with Crippen LogP contribution in [-0.2, 0) is 22.7 Å². The van der Waals surface area contributed by atoms with Gasteiger partial charge in [-0.15, -0.1) is 0 Å². The molecule has 1 atom stereocenters. The SMILES string of the molecule is O=C1NCc2ccc(NC(=O)[C@@H]3CC(=O)N(Cc4ccccc4)C3)cc21. The fourth-order valence-electron chi connectivity index (χ4n) is 3.44. The zero-order chi connectivity index (χ0) is 18.1. The van der Waals surface area contributed by atoms with Crippen LogP contribution in [0.25, 0.3) is 0 Å². The number of benzene rings is 2. The van der Waals surface area contributed by atoms with E-state index in [1.54, 1.807) is 17.0 Å². The Balaban J connectivity index is 1.41. The number of nitrogens with zero attached hydrogens (tertiary/aromatic N) is 1. The minimum atomic E-state index is -0.381. The maximum Gasteiger partial charge on any atom is 0.251 e. The molecule has 6 nitrogen and oxygen atoms in total. The molecule has 4 rings (SSSR count). The Kier molecular flexibility index (Phi) is 4.16. The first kappa shape index (κ1) is 16.3. The molecule has 2 aromatic carbocycles. The number of nitrogens with one attached hydrogen (secondary N) is 2. The Morgan fingerprint density at radius 2 is 1.96 bits per heavy atom. The molecule has 2 N–H and O–H groups in total. The summed E-state index contributed by atoms with van der Waals surface area (Å²) in [6.07, 6.45) is 0.212. The van der Waals surface area contributed by atoms with E-state index in [2.05, 4.69) is 10.6 Å². The van der Waals surface area contributed by atoms with Crippen molar-refractivity contribution in [2.45, 2.75) is 19.5 Å². The summed E-state index contributed by atoms with van der Waals surface area (Å²) in [5, 5.41) is 5.59. The first-order chi connectivity index (χ1) is 12.6. The first-order valence-corrected chi connectivity index (χ1v) is 8.64. The molecule has 1 fully saturated rings. The van der Waals surface area contributed by atoms with Gasteiger partial charge in [-0.3, -0.25) is 14.4 Å². The molecule has 0 aliphatic carbocycles. The van der Waals surface area contributed by atoms with Gasteiger partial charge >= 0.3 is 0 Å². The van der Waals surface area contributed by atoms with Gasteiger partial charge in [0, 0.05) is 37.3 Å². The molecule has 2 aliphatic heterocycles. The topological polar surface area (TPSA) is 78.5 Å². The van der Waals surface area contributed by atoms with E-state index in [0.29, 0.717) is 30.9 Å². The smallest absolute Gasteiger partial charge is 0.251 e. The highest BCUT2D eigenvalue weighted by Gasteiger charge is 2.34. The third-order valence-corrected chi connectivity index (χ3v) is 4.86. The summed E-state index contributed by atoms with van der Waals surface area (Å²) in [4.78, 5) is 38.2. The lowest BCUT2D eigenvalue weighted by Gasteiger charge is -2.16. The predicted octanol–water partition coefficient (Wildman–Crippen LogP) is 1.92. The van der Waals surface area contributed by atoms with Gasteiger partial charge in [0.15, 0.2) is 0 Å². The maximum atomic E-state index is 12.5. The summed E-state index contributed by atoms with van der Waals surface area (Å²) >= 11 is 0. The van der Waals surface area contributed by atoms with Crippen LogP contribution in [-0.4, -0.2) is 29.2 Å². The van der Waals surface area contributed by atoms with E-state index in [4.69, 9.17) is 0 Å². The van der Waals surface area contributed by atoms with E-state index in [9.17, 15) is 14.4 Å². The van der Waals surface area contributed by atoms with Crippen LogP contribution in [0.3, 0.4) is 0 Å². The van der Waals surface area contributed by atoms with Crippen LogP contribution >= 0.6 is 0 Å². The summed E-state index contributed by atoms with van der Waals surface area (Å²) in [5.74, 6) is -0.705. The number of carbonyl (C=O) groups excluding carboxylic acids is 3. The monoisotopic (exact) mass is 349 g/mol. The van der Waals surface area contributed by atoms with Gasteiger partial charge in [-0.05, 0) is 23.3 Å². The number of rotatable bonds is 4. The Hall–Kier alpha value is -3.15. The van der Waals surface area contributed by atoms with Crippen LogP contribution in [0.15, 0.2) is 48.5 Å². The van der Waals surface area contributed by atoms with Gasteiger partial charge in [-0.2, -0.15) is 0 Å². The highest BCUT2D eigenvalue weighted by molar-refractivity contribution is 6.01.